The maximum atomic E-state index is 12.7. The summed E-state index contributed by atoms with van der Waals surface area (Å²) in [6.07, 6.45) is 4.65. The topological polar surface area (TPSA) is 131 Å². The van der Waals surface area contributed by atoms with Gasteiger partial charge in [-0.1, -0.05) is 11.6 Å². The lowest BCUT2D eigenvalue weighted by Crippen LogP contribution is -2.51. The van der Waals surface area contributed by atoms with Crippen LogP contribution in [0.3, 0.4) is 0 Å². The summed E-state index contributed by atoms with van der Waals surface area (Å²) in [5.41, 5.74) is 1.38. The third-order valence-electron chi connectivity index (χ3n) is 5.53. The second-order valence-corrected chi connectivity index (χ2v) is 10.2. The predicted molar refractivity (Wildman–Crippen MR) is 128 cm³/mol. The van der Waals surface area contributed by atoms with Crippen LogP contribution in [0.15, 0.2) is 48.8 Å². The highest BCUT2D eigenvalue weighted by Gasteiger charge is 2.34. The molecule has 1 aliphatic rings. The van der Waals surface area contributed by atoms with Crippen LogP contribution in [0.2, 0.25) is 5.02 Å². The normalized spacial score (nSPS) is 18.4. The van der Waals surface area contributed by atoms with E-state index in [0.717, 1.165) is 16.0 Å². The number of urea groups is 1. The number of piperidine rings is 1. The van der Waals surface area contributed by atoms with E-state index in [1.807, 2.05) is 17.0 Å². The van der Waals surface area contributed by atoms with Crippen LogP contribution >= 0.6 is 11.6 Å². The van der Waals surface area contributed by atoms with Gasteiger partial charge >= 0.3 is 6.03 Å². The highest BCUT2D eigenvalue weighted by Crippen LogP contribution is 2.29. The van der Waals surface area contributed by atoms with E-state index in [-0.39, 0.29) is 18.0 Å². The molecular formula is C21H24ClN7O4S. The number of hydrogen-bond donors (Lipinski definition) is 2. The number of hydrogen-bond acceptors (Lipinski definition) is 8. The number of aromatic nitrogens is 4. The Morgan fingerprint density at radius 3 is 2.59 bits per heavy atom. The third-order valence-corrected chi connectivity index (χ3v) is 6.64. The van der Waals surface area contributed by atoms with Crippen molar-refractivity contribution in [3.8, 4) is 5.75 Å². The van der Waals surface area contributed by atoms with Crippen molar-refractivity contribution < 1.29 is 17.9 Å². The zero-order valence-corrected chi connectivity index (χ0v) is 20.1. The van der Waals surface area contributed by atoms with Gasteiger partial charge in [0.15, 0.2) is 5.82 Å². The molecule has 1 aliphatic heterocycles. The summed E-state index contributed by atoms with van der Waals surface area (Å²) in [6.45, 7) is 0.995. The van der Waals surface area contributed by atoms with Crippen LogP contribution in [0.1, 0.15) is 18.0 Å². The van der Waals surface area contributed by atoms with Crippen molar-refractivity contribution in [1.82, 2.24) is 24.7 Å². The number of pyridine rings is 1. The zero-order chi connectivity index (χ0) is 24.3. The Bertz CT molecular complexity index is 1250. The van der Waals surface area contributed by atoms with E-state index in [0.29, 0.717) is 41.8 Å². The Morgan fingerprint density at radius 1 is 1.21 bits per heavy atom. The molecule has 180 valence electrons. The Kier molecular flexibility index (Phi) is 6.89. The number of halogens is 1. The summed E-state index contributed by atoms with van der Waals surface area (Å²) in [6, 6.07) is 9.93. The van der Waals surface area contributed by atoms with E-state index >= 15 is 0 Å². The summed E-state index contributed by atoms with van der Waals surface area (Å²) in [7, 11) is -1.97. The lowest BCUT2D eigenvalue weighted by atomic mass is 9.89. The first kappa shape index (κ1) is 23.8. The SMILES string of the molecule is COc1ccc(C2CN(c3cn(S(C)(=O)=O)nn3)CCC2NC(=O)Nc2ccc(Cl)cc2)nc1. The molecule has 2 aromatic heterocycles. The lowest BCUT2D eigenvalue weighted by molar-refractivity contribution is 0.243. The average molecular weight is 506 g/mol. The minimum absolute atomic E-state index is 0.195. The van der Waals surface area contributed by atoms with Gasteiger partial charge in [-0.05, 0) is 48.0 Å². The molecule has 1 saturated heterocycles. The molecule has 0 saturated carbocycles. The zero-order valence-electron chi connectivity index (χ0n) is 18.6. The fourth-order valence-corrected chi connectivity index (χ4v) is 4.36. The Balaban J connectivity index is 1.53. The van der Waals surface area contributed by atoms with Crippen molar-refractivity contribution in [2.24, 2.45) is 0 Å². The first-order chi connectivity index (χ1) is 16.2. The summed E-state index contributed by atoms with van der Waals surface area (Å²) in [5.74, 6) is 0.865. The van der Waals surface area contributed by atoms with Crippen LogP contribution in [-0.4, -0.2) is 66.3 Å². The van der Waals surface area contributed by atoms with Gasteiger partial charge in [-0.3, -0.25) is 4.98 Å². The van der Waals surface area contributed by atoms with E-state index in [9.17, 15) is 13.2 Å². The second kappa shape index (κ2) is 9.85. The molecule has 34 heavy (non-hydrogen) atoms. The fraction of sp³-hybridized carbons (Fsp3) is 0.333. The highest BCUT2D eigenvalue weighted by molar-refractivity contribution is 7.89. The average Bonchev–Trinajstić information content (AvgIpc) is 3.32. The van der Waals surface area contributed by atoms with Gasteiger partial charge in [-0.25, -0.2) is 13.2 Å². The molecule has 3 heterocycles. The van der Waals surface area contributed by atoms with Crippen LogP contribution < -0.4 is 20.3 Å². The molecule has 4 rings (SSSR count). The van der Waals surface area contributed by atoms with Crippen molar-refractivity contribution in [3.63, 3.8) is 0 Å². The number of nitrogens with one attached hydrogen (secondary N) is 2. The Morgan fingerprint density at radius 2 is 1.97 bits per heavy atom. The molecule has 0 spiro atoms. The smallest absolute Gasteiger partial charge is 0.319 e. The molecule has 0 bridgehead atoms. The van der Waals surface area contributed by atoms with Crippen LogP contribution in [-0.2, 0) is 10.0 Å². The lowest BCUT2D eigenvalue weighted by Gasteiger charge is -2.38. The minimum atomic E-state index is -3.54. The number of carbonyl (C=O) groups is 1. The molecule has 11 nitrogen and oxygen atoms in total. The van der Waals surface area contributed by atoms with Crippen molar-refractivity contribution in [3.05, 3.63) is 59.5 Å². The van der Waals surface area contributed by atoms with Gasteiger partial charge in [0.1, 0.15) is 5.75 Å². The summed E-state index contributed by atoms with van der Waals surface area (Å²) >= 11 is 5.91. The Labute approximate surface area is 202 Å². The first-order valence-corrected chi connectivity index (χ1v) is 12.7. The Hall–Kier alpha value is -3.38. The number of rotatable bonds is 6. The maximum Gasteiger partial charge on any atom is 0.319 e. The molecule has 2 unspecified atom stereocenters. The quantitative estimate of drug-likeness (QED) is 0.521. The van der Waals surface area contributed by atoms with E-state index in [2.05, 4.69) is 25.9 Å². The second-order valence-electron chi connectivity index (χ2n) is 7.89. The molecule has 2 N–H and O–H groups in total. The summed E-state index contributed by atoms with van der Waals surface area (Å²) in [4.78, 5) is 19.2. The number of nitrogens with zero attached hydrogens (tertiary/aromatic N) is 5. The molecule has 2 amide bonds. The number of methoxy groups -OCH3 is 1. The van der Waals surface area contributed by atoms with Crippen molar-refractivity contribution in [2.75, 3.05) is 36.7 Å². The third kappa shape index (κ3) is 5.57. The van der Waals surface area contributed by atoms with Gasteiger partial charge in [-0.2, -0.15) is 0 Å². The number of benzene rings is 1. The van der Waals surface area contributed by atoms with E-state index < -0.39 is 10.0 Å². The standard InChI is InChI=1S/C21H24ClN7O4S/c1-33-16-7-8-18(23-11-16)17-12-28(20-13-29(27-26-20)34(2,31)32)10-9-19(17)25-21(30)24-15-5-3-14(22)4-6-15/h3-8,11,13,17,19H,9-10,12H2,1-2H3,(H2,24,25,30). The van der Waals surface area contributed by atoms with Crippen LogP contribution in [0.25, 0.3) is 0 Å². The predicted octanol–water partition coefficient (Wildman–Crippen LogP) is 2.33. The molecule has 3 aromatic rings. The van der Waals surface area contributed by atoms with Gasteiger partial charge in [0, 0.05) is 41.5 Å². The molecule has 0 aliphatic carbocycles. The number of amides is 2. The van der Waals surface area contributed by atoms with E-state index in [1.165, 1.54) is 6.20 Å². The van der Waals surface area contributed by atoms with Gasteiger partial charge < -0.3 is 20.3 Å². The first-order valence-electron chi connectivity index (χ1n) is 10.4. The van der Waals surface area contributed by atoms with Crippen LogP contribution in [0, 0.1) is 0 Å². The number of carbonyl (C=O) groups excluding carboxylic acids is 1. The van der Waals surface area contributed by atoms with Crippen LogP contribution in [0.5, 0.6) is 5.75 Å². The van der Waals surface area contributed by atoms with Gasteiger partial charge in [-0.15, -0.1) is 9.19 Å². The van der Waals surface area contributed by atoms with E-state index in [4.69, 9.17) is 16.3 Å². The molecule has 1 fully saturated rings. The van der Waals surface area contributed by atoms with Crippen molar-refractivity contribution in [2.45, 2.75) is 18.4 Å². The molecular weight excluding hydrogens is 482 g/mol. The van der Waals surface area contributed by atoms with E-state index in [1.54, 1.807) is 37.6 Å². The monoisotopic (exact) mass is 505 g/mol. The summed E-state index contributed by atoms with van der Waals surface area (Å²) < 4.78 is 29.6. The van der Waals surface area contributed by atoms with Gasteiger partial charge in [0.2, 0.25) is 0 Å². The molecule has 13 heteroatoms. The molecule has 0 radical (unpaired) electrons. The van der Waals surface area contributed by atoms with Crippen LogP contribution in [0.4, 0.5) is 16.3 Å². The largest absolute Gasteiger partial charge is 0.495 e. The maximum absolute atomic E-state index is 12.7. The highest BCUT2D eigenvalue weighted by atomic mass is 35.5. The van der Waals surface area contributed by atoms with Gasteiger partial charge in [0.25, 0.3) is 10.0 Å². The van der Waals surface area contributed by atoms with Crippen molar-refractivity contribution >= 4 is 39.2 Å². The number of anilines is 2. The summed E-state index contributed by atoms with van der Waals surface area (Å²) in [5, 5.41) is 14.2. The van der Waals surface area contributed by atoms with Crippen molar-refractivity contribution in [1.29, 1.82) is 0 Å². The molecule has 2 atom stereocenters. The van der Waals surface area contributed by atoms with Gasteiger partial charge in [0.05, 0.1) is 25.8 Å². The fourth-order valence-electron chi connectivity index (χ4n) is 3.78. The minimum Gasteiger partial charge on any atom is -0.495 e. The number of ether oxygens (including phenoxy) is 1. The molecule has 1 aromatic carbocycles.